The maximum atomic E-state index is 4.22. The second kappa shape index (κ2) is 2.48. The minimum absolute atomic E-state index is 0.669. The van der Waals surface area contributed by atoms with Gasteiger partial charge in [0, 0.05) is 6.20 Å². The van der Waals surface area contributed by atoms with Crippen molar-refractivity contribution in [3.8, 4) is 0 Å². The predicted octanol–water partition coefficient (Wildman–Crippen LogP) is 1.04. The van der Waals surface area contributed by atoms with E-state index in [1.807, 2.05) is 13.8 Å². The van der Waals surface area contributed by atoms with Gasteiger partial charge >= 0.3 is 0 Å². The summed E-state index contributed by atoms with van der Waals surface area (Å²) in [7, 11) is 0. The lowest BCUT2D eigenvalue weighted by Gasteiger charge is -1.97. The molecule has 12 heavy (non-hydrogen) atoms. The van der Waals surface area contributed by atoms with Crippen molar-refractivity contribution >= 4 is 11.2 Å². The number of hydrogen-bond donors (Lipinski definition) is 0. The molecule has 0 radical (unpaired) electrons. The van der Waals surface area contributed by atoms with E-state index in [0.29, 0.717) is 5.65 Å². The molecule has 0 spiro atoms. The first kappa shape index (κ1) is 7.09. The molecule has 2 aromatic rings. The molecule has 0 aliphatic heterocycles. The molecule has 2 rings (SSSR count). The van der Waals surface area contributed by atoms with Crippen LogP contribution in [-0.2, 0) is 0 Å². The molecule has 0 fully saturated rings. The Kier molecular flexibility index (Phi) is 1.46. The zero-order valence-corrected chi connectivity index (χ0v) is 6.94. The lowest BCUT2D eigenvalue weighted by atomic mass is 10.3. The molecule has 2 heterocycles. The Labute approximate surface area is 69.7 Å². The molecule has 0 atom stereocenters. The quantitative estimate of drug-likeness (QED) is 0.577. The second-order valence-corrected chi connectivity index (χ2v) is 2.64. The number of aryl methyl sites for hydroxylation is 2. The van der Waals surface area contributed by atoms with E-state index in [-0.39, 0.29) is 0 Å². The van der Waals surface area contributed by atoms with Gasteiger partial charge < -0.3 is 0 Å². The zero-order valence-electron chi connectivity index (χ0n) is 6.94. The van der Waals surface area contributed by atoms with Crippen LogP contribution in [0.4, 0.5) is 0 Å². The van der Waals surface area contributed by atoms with Gasteiger partial charge in [-0.05, 0) is 13.8 Å². The summed E-state index contributed by atoms with van der Waals surface area (Å²) >= 11 is 0. The van der Waals surface area contributed by atoms with Crippen LogP contribution in [0.15, 0.2) is 12.5 Å². The van der Waals surface area contributed by atoms with Crippen molar-refractivity contribution in [3.05, 3.63) is 23.9 Å². The molecule has 0 aliphatic carbocycles. The van der Waals surface area contributed by atoms with E-state index in [4.69, 9.17) is 0 Å². The Morgan fingerprint density at radius 2 is 1.92 bits per heavy atom. The first-order chi connectivity index (χ1) is 5.77. The molecule has 4 heteroatoms. The van der Waals surface area contributed by atoms with Crippen molar-refractivity contribution in [2.45, 2.75) is 13.8 Å². The Morgan fingerprint density at radius 1 is 1.08 bits per heavy atom. The van der Waals surface area contributed by atoms with Crippen LogP contribution in [0.1, 0.15) is 11.4 Å². The average Bonchev–Trinajstić information content (AvgIpc) is 2.04. The highest BCUT2D eigenvalue weighted by atomic mass is 15.0. The fourth-order valence-electron chi connectivity index (χ4n) is 1.04. The van der Waals surface area contributed by atoms with Crippen LogP contribution in [0.2, 0.25) is 0 Å². The lowest BCUT2D eigenvalue weighted by molar-refractivity contribution is 1.07. The van der Waals surface area contributed by atoms with Crippen LogP contribution < -0.4 is 0 Å². The minimum atomic E-state index is 0.669. The summed E-state index contributed by atoms with van der Waals surface area (Å²) in [5.41, 5.74) is 3.19. The van der Waals surface area contributed by atoms with E-state index in [1.165, 1.54) is 6.33 Å². The molecule has 0 bridgehead atoms. The summed E-state index contributed by atoms with van der Waals surface area (Å²) in [5.74, 6) is 0. The van der Waals surface area contributed by atoms with Crippen molar-refractivity contribution in [2.24, 2.45) is 0 Å². The monoisotopic (exact) mass is 160 g/mol. The van der Waals surface area contributed by atoms with Crippen molar-refractivity contribution in [3.63, 3.8) is 0 Å². The Bertz CT molecular complexity index is 424. The van der Waals surface area contributed by atoms with E-state index in [9.17, 15) is 0 Å². The number of fused-ring (bicyclic) bond motifs is 1. The third-order valence-corrected chi connectivity index (χ3v) is 1.65. The highest BCUT2D eigenvalue weighted by molar-refractivity contribution is 5.71. The summed E-state index contributed by atoms with van der Waals surface area (Å²) in [6, 6.07) is 0. The van der Waals surface area contributed by atoms with Crippen molar-refractivity contribution in [2.75, 3.05) is 0 Å². The van der Waals surface area contributed by atoms with Gasteiger partial charge in [0.25, 0.3) is 0 Å². The Morgan fingerprint density at radius 3 is 2.75 bits per heavy atom. The predicted molar refractivity (Wildman–Crippen MR) is 44.6 cm³/mol. The molecule has 0 amide bonds. The van der Waals surface area contributed by atoms with Crippen LogP contribution >= 0.6 is 0 Å². The summed E-state index contributed by atoms with van der Waals surface area (Å²) < 4.78 is 0. The second-order valence-electron chi connectivity index (χ2n) is 2.64. The summed E-state index contributed by atoms with van der Waals surface area (Å²) in [5, 5.41) is 0. The van der Waals surface area contributed by atoms with Gasteiger partial charge in [0.05, 0.1) is 11.4 Å². The van der Waals surface area contributed by atoms with Gasteiger partial charge in [-0.1, -0.05) is 0 Å². The maximum absolute atomic E-state index is 4.22. The maximum Gasteiger partial charge on any atom is 0.181 e. The van der Waals surface area contributed by atoms with Crippen LogP contribution in [-0.4, -0.2) is 19.9 Å². The fraction of sp³-hybridized carbons (Fsp3) is 0.250. The van der Waals surface area contributed by atoms with Gasteiger partial charge in [-0.15, -0.1) is 0 Å². The first-order valence-electron chi connectivity index (χ1n) is 3.68. The highest BCUT2D eigenvalue weighted by Crippen LogP contribution is 2.07. The van der Waals surface area contributed by atoms with Gasteiger partial charge in [0.1, 0.15) is 11.8 Å². The smallest absolute Gasteiger partial charge is 0.181 e. The van der Waals surface area contributed by atoms with E-state index < -0.39 is 0 Å². The number of hydrogen-bond acceptors (Lipinski definition) is 4. The lowest BCUT2D eigenvalue weighted by Crippen LogP contribution is -1.94. The molecular formula is C8H8N4. The van der Waals surface area contributed by atoms with Gasteiger partial charge in [0.15, 0.2) is 5.65 Å². The molecule has 0 saturated heterocycles. The van der Waals surface area contributed by atoms with Crippen LogP contribution in [0.25, 0.3) is 11.2 Å². The van der Waals surface area contributed by atoms with Crippen LogP contribution in [0.3, 0.4) is 0 Å². The van der Waals surface area contributed by atoms with Crippen molar-refractivity contribution in [1.29, 1.82) is 0 Å². The first-order valence-corrected chi connectivity index (χ1v) is 3.68. The molecular weight excluding hydrogens is 152 g/mol. The Hall–Kier alpha value is -1.58. The summed E-state index contributed by atoms with van der Waals surface area (Å²) in [6.45, 7) is 3.79. The fourth-order valence-corrected chi connectivity index (χ4v) is 1.04. The van der Waals surface area contributed by atoms with E-state index in [1.54, 1.807) is 6.20 Å². The molecule has 0 N–H and O–H groups in total. The van der Waals surface area contributed by atoms with Gasteiger partial charge in [-0.2, -0.15) is 0 Å². The largest absolute Gasteiger partial charge is 0.249 e. The van der Waals surface area contributed by atoms with Gasteiger partial charge in [-0.3, -0.25) is 0 Å². The molecule has 4 nitrogen and oxygen atoms in total. The molecule has 0 unspecified atom stereocenters. The van der Waals surface area contributed by atoms with Crippen molar-refractivity contribution < 1.29 is 0 Å². The van der Waals surface area contributed by atoms with Crippen LogP contribution in [0.5, 0.6) is 0 Å². The Balaban J connectivity index is 2.86. The third-order valence-electron chi connectivity index (χ3n) is 1.65. The number of rotatable bonds is 0. The zero-order chi connectivity index (χ0) is 8.55. The van der Waals surface area contributed by atoms with Crippen LogP contribution in [0, 0.1) is 13.8 Å². The number of nitrogens with zero attached hydrogens (tertiary/aromatic N) is 4. The van der Waals surface area contributed by atoms with E-state index in [2.05, 4.69) is 19.9 Å². The molecule has 60 valence electrons. The highest BCUT2D eigenvalue weighted by Gasteiger charge is 2.00. The number of aromatic nitrogens is 4. The van der Waals surface area contributed by atoms with E-state index >= 15 is 0 Å². The topological polar surface area (TPSA) is 51.6 Å². The molecule has 0 saturated carbocycles. The molecule has 2 aromatic heterocycles. The molecule has 0 aromatic carbocycles. The van der Waals surface area contributed by atoms with Gasteiger partial charge in [-0.25, -0.2) is 19.9 Å². The molecule has 0 aliphatic rings. The standard InChI is InChI=1S/C8H8N4/c1-5-3-9-7-6(2)10-4-11-8(7)12-5/h3-4H,1-2H3. The normalized spacial score (nSPS) is 10.5. The van der Waals surface area contributed by atoms with E-state index in [0.717, 1.165) is 16.9 Å². The summed E-state index contributed by atoms with van der Waals surface area (Å²) in [6.07, 6.45) is 3.23. The summed E-state index contributed by atoms with van der Waals surface area (Å²) in [4.78, 5) is 16.5. The minimum Gasteiger partial charge on any atom is -0.249 e. The van der Waals surface area contributed by atoms with Gasteiger partial charge in [0.2, 0.25) is 0 Å². The SMILES string of the molecule is Cc1cnc2c(C)ncnc2n1. The van der Waals surface area contributed by atoms with Crippen molar-refractivity contribution in [1.82, 2.24) is 19.9 Å². The average molecular weight is 160 g/mol. The third kappa shape index (κ3) is 1.01.